The molecule has 0 aliphatic carbocycles. The number of nitrogens with one attached hydrogen (secondary N) is 1. The summed E-state index contributed by atoms with van der Waals surface area (Å²) in [5.41, 5.74) is -0.0648. The average molecular weight is 400 g/mol. The third-order valence-electron chi connectivity index (χ3n) is 3.35. The Labute approximate surface area is 156 Å². The monoisotopic (exact) mass is 399 g/mol. The highest BCUT2D eigenvalue weighted by atomic mass is 35.5. The van der Waals surface area contributed by atoms with E-state index in [0.717, 1.165) is 0 Å². The van der Waals surface area contributed by atoms with Gasteiger partial charge in [-0.25, -0.2) is 13.2 Å². The lowest BCUT2D eigenvalue weighted by Crippen LogP contribution is -2.15. The average Bonchev–Trinajstić information content (AvgIpc) is 2.60. The summed E-state index contributed by atoms with van der Waals surface area (Å²) in [5.74, 6) is -0.860. The number of sulfonamides is 1. The van der Waals surface area contributed by atoms with Gasteiger partial charge < -0.3 is 14.6 Å². The molecule has 2 aromatic rings. The van der Waals surface area contributed by atoms with Crippen LogP contribution < -0.4 is 14.2 Å². The maximum atomic E-state index is 12.8. The van der Waals surface area contributed by atoms with Crippen molar-refractivity contribution in [1.29, 1.82) is 0 Å². The van der Waals surface area contributed by atoms with E-state index in [1.54, 1.807) is 0 Å². The van der Waals surface area contributed by atoms with Crippen molar-refractivity contribution in [1.82, 2.24) is 0 Å². The van der Waals surface area contributed by atoms with Gasteiger partial charge in [0.2, 0.25) is 0 Å². The van der Waals surface area contributed by atoms with Crippen LogP contribution in [0.5, 0.6) is 11.5 Å². The summed E-state index contributed by atoms with van der Waals surface area (Å²) in [6.07, 6.45) is 0.703. The molecule has 0 amide bonds. The van der Waals surface area contributed by atoms with Crippen molar-refractivity contribution in [3.05, 3.63) is 47.0 Å². The molecule has 2 aromatic carbocycles. The van der Waals surface area contributed by atoms with Gasteiger partial charge in [0, 0.05) is 5.02 Å². The van der Waals surface area contributed by atoms with Gasteiger partial charge in [0.25, 0.3) is 10.0 Å². The zero-order valence-corrected chi connectivity index (χ0v) is 15.7. The lowest BCUT2D eigenvalue weighted by atomic mass is 10.2. The van der Waals surface area contributed by atoms with E-state index in [0.29, 0.717) is 13.0 Å². The summed E-state index contributed by atoms with van der Waals surface area (Å²) in [4.78, 5) is 11.0. The standard InChI is InChI=1S/C17H18ClNO6S/c1-3-8-25-14-6-4-11(17(20)21)9-13(14)19-26(22,23)16-10-12(18)5-7-15(16)24-2/h4-7,9-10,19H,3,8H2,1-2H3,(H,20,21). The van der Waals surface area contributed by atoms with Crippen LogP contribution in [0.1, 0.15) is 23.7 Å². The van der Waals surface area contributed by atoms with Gasteiger partial charge in [0.1, 0.15) is 16.4 Å². The number of methoxy groups -OCH3 is 1. The topological polar surface area (TPSA) is 102 Å². The van der Waals surface area contributed by atoms with Gasteiger partial charge >= 0.3 is 5.97 Å². The maximum absolute atomic E-state index is 12.8. The number of rotatable bonds is 8. The number of hydrogen-bond acceptors (Lipinski definition) is 5. The van der Waals surface area contributed by atoms with Gasteiger partial charge in [0.15, 0.2) is 0 Å². The number of carboxylic acids is 1. The molecule has 0 radical (unpaired) electrons. The fraction of sp³-hybridized carbons (Fsp3) is 0.235. The Kier molecular flexibility index (Phi) is 6.33. The number of carboxylic acid groups (broad SMARTS) is 1. The summed E-state index contributed by atoms with van der Waals surface area (Å²) < 4.78 is 38.5. The second kappa shape index (κ2) is 8.29. The first-order valence-corrected chi connectivity index (χ1v) is 9.51. The van der Waals surface area contributed by atoms with Crippen LogP contribution in [0, 0.1) is 0 Å². The molecule has 0 bridgehead atoms. The van der Waals surface area contributed by atoms with Crippen molar-refractivity contribution in [2.24, 2.45) is 0 Å². The molecule has 7 nitrogen and oxygen atoms in total. The Bertz CT molecular complexity index is 913. The van der Waals surface area contributed by atoms with Crippen LogP contribution in [0.15, 0.2) is 41.3 Å². The number of ether oxygens (including phenoxy) is 2. The van der Waals surface area contributed by atoms with E-state index in [9.17, 15) is 13.2 Å². The number of halogens is 1. The molecule has 0 fully saturated rings. The second-order valence-corrected chi connectivity index (χ2v) is 7.35. The number of hydrogen-bond donors (Lipinski definition) is 2. The first-order chi connectivity index (χ1) is 12.3. The molecule has 2 rings (SSSR count). The molecule has 0 aliphatic rings. The Morgan fingerprint density at radius 3 is 2.50 bits per heavy atom. The Morgan fingerprint density at radius 1 is 1.19 bits per heavy atom. The number of aromatic carboxylic acids is 1. The van der Waals surface area contributed by atoms with Gasteiger partial charge in [-0.05, 0) is 42.8 Å². The predicted octanol–water partition coefficient (Wildman–Crippen LogP) is 3.64. The van der Waals surface area contributed by atoms with Crippen LogP contribution in [0.25, 0.3) is 0 Å². The Balaban J connectivity index is 2.49. The smallest absolute Gasteiger partial charge is 0.335 e. The molecule has 0 aliphatic heterocycles. The molecule has 0 atom stereocenters. The molecule has 9 heteroatoms. The minimum atomic E-state index is -4.10. The molecule has 0 saturated heterocycles. The van der Waals surface area contributed by atoms with Gasteiger partial charge in [-0.15, -0.1) is 0 Å². The first-order valence-electron chi connectivity index (χ1n) is 7.65. The predicted molar refractivity (Wildman–Crippen MR) is 98.0 cm³/mol. The lowest BCUT2D eigenvalue weighted by molar-refractivity contribution is 0.0697. The number of anilines is 1. The largest absolute Gasteiger partial charge is 0.495 e. The van der Waals surface area contributed by atoms with Crippen LogP contribution in [-0.2, 0) is 10.0 Å². The molecule has 0 spiro atoms. The van der Waals surface area contributed by atoms with Gasteiger partial charge in [-0.2, -0.15) is 0 Å². The highest BCUT2D eigenvalue weighted by molar-refractivity contribution is 7.92. The van der Waals surface area contributed by atoms with Crippen molar-refractivity contribution >= 4 is 33.3 Å². The molecule has 0 heterocycles. The van der Waals surface area contributed by atoms with E-state index < -0.39 is 16.0 Å². The zero-order chi connectivity index (χ0) is 19.3. The van der Waals surface area contributed by atoms with E-state index in [4.69, 9.17) is 26.2 Å². The van der Waals surface area contributed by atoms with Crippen molar-refractivity contribution in [3.8, 4) is 11.5 Å². The molecule has 0 saturated carbocycles. The fourth-order valence-electron chi connectivity index (χ4n) is 2.14. The summed E-state index contributed by atoms with van der Waals surface area (Å²) in [5, 5.41) is 9.37. The third kappa shape index (κ3) is 4.59. The van der Waals surface area contributed by atoms with Crippen LogP contribution in [0.4, 0.5) is 5.69 Å². The van der Waals surface area contributed by atoms with Crippen LogP contribution >= 0.6 is 11.6 Å². The summed E-state index contributed by atoms with van der Waals surface area (Å²) >= 11 is 5.90. The van der Waals surface area contributed by atoms with Gasteiger partial charge in [-0.1, -0.05) is 18.5 Å². The van der Waals surface area contributed by atoms with Gasteiger partial charge in [-0.3, -0.25) is 4.72 Å². The summed E-state index contributed by atoms with van der Waals surface area (Å²) in [7, 11) is -2.76. The van der Waals surface area contributed by atoms with E-state index >= 15 is 0 Å². The molecule has 0 aromatic heterocycles. The molecular weight excluding hydrogens is 382 g/mol. The molecular formula is C17H18ClNO6S. The quantitative estimate of drug-likeness (QED) is 0.702. The van der Waals surface area contributed by atoms with E-state index in [1.807, 2.05) is 6.92 Å². The molecule has 26 heavy (non-hydrogen) atoms. The minimum Gasteiger partial charge on any atom is -0.495 e. The minimum absolute atomic E-state index is 0.0142. The normalized spacial score (nSPS) is 11.0. The van der Waals surface area contributed by atoms with Crippen LogP contribution in [0.2, 0.25) is 5.02 Å². The second-order valence-electron chi connectivity index (χ2n) is 5.27. The Morgan fingerprint density at radius 2 is 1.88 bits per heavy atom. The first kappa shape index (κ1) is 19.9. The maximum Gasteiger partial charge on any atom is 0.335 e. The highest BCUT2D eigenvalue weighted by Crippen LogP contribution is 2.32. The number of carbonyl (C=O) groups is 1. The molecule has 2 N–H and O–H groups in total. The van der Waals surface area contributed by atoms with E-state index in [1.165, 1.54) is 43.5 Å². The van der Waals surface area contributed by atoms with Crippen LogP contribution in [0.3, 0.4) is 0 Å². The van der Waals surface area contributed by atoms with Crippen molar-refractivity contribution in [2.45, 2.75) is 18.2 Å². The van der Waals surface area contributed by atoms with Crippen molar-refractivity contribution < 1.29 is 27.8 Å². The number of benzene rings is 2. The van der Waals surface area contributed by atoms with Crippen molar-refractivity contribution in [3.63, 3.8) is 0 Å². The third-order valence-corrected chi connectivity index (χ3v) is 4.97. The van der Waals surface area contributed by atoms with Crippen molar-refractivity contribution in [2.75, 3.05) is 18.4 Å². The zero-order valence-electron chi connectivity index (χ0n) is 14.2. The lowest BCUT2D eigenvalue weighted by Gasteiger charge is -2.15. The van der Waals surface area contributed by atoms with E-state index in [2.05, 4.69) is 4.72 Å². The summed E-state index contributed by atoms with van der Waals surface area (Å²) in [6, 6.07) is 8.12. The highest BCUT2D eigenvalue weighted by Gasteiger charge is 2.22. The van der Waals surface area contributed by atoms with E-state index in [-0.39, 0.29) is 32.7 Å². The SMILES string of the molecule is CCCOc1ccc(C(=O)O)cc1NS(=O)(=O)c1cc(Cl)ccc1OC. The Hall–Kier alpha value is -2.45. The molecule has 140 valence electrons. The van der Waals surface area contributed by atoms with Gasteiger partial charge in [0.05, 0.1) is 25.0 Å². The van der Waals surface area contributed by atoms with Crippen LogP contribution in [-0.4, -0.2) is 33.2 Å². The molecule has 0 unspecified atom stereocenters. The fourth-order valence-corrected chi connectivity index (χ4v) is 3.64. The summed E-state index contributed by atoms with van der Waals surface area (Å²) in [6.45, 7) is 2.24.